The lowest BCUT2D eigenvalue weighted by atomic mass is 9.55. The van der Waals surface area contributed by atoms with Crippen LogP contribution in [0.1, 0.15) is 59.8 Å². The van der Waals surface area contributed by atoms with E-state index in [4.69, 9.17) is 0 Å². The van der Waals surface area contributed by atoms with E-state index in [1.165, 1.54) is 25.7 Å². The third-order valence-electron chi connectivity index (χ3n) is 6.29. The Kier molecular flexibility index (Phi) is 1.98. The first-order chi connectivity index (χ1) is 7.31. The lowest BCUT2D eigenvalue weighted by Gasteiger charge is -2.51. The molecule has 0 aromatic carbocycles. The summed E-state index contributed by atoms with van der Waals surface area (Å²) >= 11 is 0. The van der Waals surface area contributed by atoms with Crippen LogP contribution in [0, 0.1) is 28.1 Å². The van der Waals surface area contributed by atoms with Crippen LogP contribution in [0.4, 0.5) is 0 Å². The van der Waals surface area contributed by atoms with E-state index in [0.717, 1.165) is 18.3 Å². The van der Waals surface area contributed by atoms with E-state index in [1.807, 2.05) is 0 Å². The molecule has 0 aromatic heterocycles. The predicted octanol–water partition coefficient (Wildman–Crippen LogP) is 3.61. The highest BCUT2D eigenvalue weighted by Gasteiger charge is 2.74. The Morgan fingerprint density at radius 1 is 1.12 bits per heavy atom. The lowest BCUT2D eigenvalue weighted by Crippen LogP contribution is -2.48. The summed E-state index contributed by atoms with van der Waals surface area (Å²) in [4.78, 5) is 0. The molecule has 0 aliphatic heterocycles. The molecule has 1 N–H and O–H groups in total. The zero-order valence-electron chi connectivity index (χ0n) is 11.2. The summed E-state index contributed by atoms with van der Waals surface area (Å²) in [7, 11) is 0. The zero-order valence-corrected chi connectivity index (χ0v) is 11.2. The summed E-state index contributed by atoms with van der Waals surface area (Å²) in [5, 5.41) is 10.6. The Hall–Kier alpha value is -0.0400. The molecule has 92 valence electrons. The van der Waals surface area contributed by atoms with Crippen LogP contribution in [-0.4, -0.2) is 11.2 Å². The van der Waals surface area contributed by atoms with E-state index in [2.05, 4.69) is 27.7 Å². The summed E-state index contributed by atoms with van der Waals surface area (Å²) in [6.45, 7) is 9.51. The van der Waals surface area contributed by atoms with Gasteiger partial charge in [-0.25, -0.2) is 0 Å². The van der Waals surface area contributed by atoms with Crippen molar-refractivity contribution in [3.05, 3.63) is 0 Å². The molecule has 0 radical (unpaired) electrons. The van der Waals surface area contributed by atoms with Gasteiger partial charge in [-0.1, -0.05) is 27.7 Å². The minimum absolute atomic E-state index is 0.0333. The van der Waals surface area contributed by atoms with Gasteiger partial charge < -0.3 is 5.11 Å². The van der Waals surface area contributed by atoms with Gasteiger partial charge in [0.15, 0.2) is 0 Å². The molecule has 16 heavy (non-hydrogen) atoms. The second-order valence-electron chi connectivity index (χ2n) is 7.99. The monoisotopic (exact) mass is 222 g/mol. The number of hydrogen-bond acceptors (Lipinski definition) is 1. The lowest BCUT2D eigenvalue weighted by molar-refractivity contribution is -0.0908. The fourth-order valence-electron chi connectivity index (χ4n) is 5.29. The topological polar surface area (TPSA) is 20.2 Å². The first-order valence-electron chi connectivity index (χ1n) is 6.99. The van der Waals surface area contributed by atoms with Crippen LogP contribution in [0.3, 0.4) is 0 Å². The molecule has 1 nitrogen and oxygen atoms in total. The molecule has 3 aliphatic carbocycles. The van der Waals surface area contributed by atoms with E-state index in [1.54, 1.807) is 0 Å². The van der Waals surface area contributed by atoms with Crippen LogP contribution in [0.25, 0.3) is 0 Å². The molecule has 0 aromatic rings. The second kappa shape index (κ2) is 2.85. The molecule has 0 saturated heterocycles. The highest BCUT2D eigenvalue weighted by molar-refractivity contribution is 5.23. The van der Waals surface area contributed by atoms with Crippen molar-refractivity contribution < 1.29 is 5.11 Å². The van der Waals surface area contributed by atoms with Gasteiger partial charge in [0, 0.05) is 5.41 Å². The van der Waals surface area contributed by atoms with E-state index in [0.29, 0.717) is 16.2 Å². The predicted molar refractivity (Wildman–Crippen MR) is 66.1 cm³/mol. The van der Waals surface area contributed by atoms with E-state index in [-0.39, 0.29) is 6.10 Å². The molecule has 3 fully saturated rings. The summed E-state index contributed by atoms with van der Waals surface area (Å²) in [6.07, 6.45) is 6.35. The van der Waals surface area contributed by atoms with Gasteiger partial charge in [0.05, 0.1) is 6.10 Å². The van der Waals surface area contributed by atoms with E-state index < -0.39 is 0 Å². The summed E-state index contributed by atoms with van der Waals surface area (Å²) in [6, 6.07) is 0. The highest BCUT2D eigenvalue weighted by atomic mass is 16.3. The Labute approximate surface area is 99.6 Å². The molecule has 5 atom stereocenters. The summed E-state index contributed by atoms with van der Waals surface area (Å²) < 4.78 is 0. The third-order valence-corrected chi connectivity index (χ3v) is 6.29. The number of aliphatic hydroxyl groups is 1. The van der Waals surface area contributed by atoms with Crippen LogP contribution in [0.5, 0.6) is 0 Å². The number of aliphatic hydroxyl groups excluding tert-OH is 1. The Morgan fingerprint density at radius 3 is 2.50 bits per heavy atom. The molecule has 0 unspecified atom stereocenters. The first-order valence-corrected chi connectivity index (χ1v) is 6.99. The van der Waals surface area contributed by atoms with Gasteiger partial charge in [-0.2, -0.15) is 0 Å². The normalized spacial score (nSPS) is 58.7. The van der Waals surface area contributed by atoms with E-state index >= 15 is 0 Å². The maximum Gasteiger partial charge on any atom is 0.0609 e. The molecule has 3 rings (SSSR count). The van der Waals surface area contributed by atoms with Gasteiger partial charge in [0.1, 0.15) is 0 Å². The summed E-state index contributed by atoms with van der Waals surface area (Å²) in [5.74, 6) is 1.61. The van der Waals surface area contributed by atoms with Crippen molar-refractivity contribution in [3.8, 4) is 0 Å². The molecule has 1 spiro atoms. The maximum atomic E-state index is 10.6. The molecular weight excluding hydrogens is 196 g/mol. The zero-order chi connectivity index (χ0) is 11.8. The van der Waals surface area contributed by atoms with Gasteiger partial charge in [0.2, 0.25) is 0 Å². The molecule has 0 heterocycles. The van der Waals surface area contributed by atoms with Crippen LogP contribution < -0.4 is 0 Å². The smallest absolute Gasteiger partial charge is 0.0609 e. The van der Waals surface area contributed by atoms with Crippen molar-refractivity contribution in [1.29, 1.82) is 0 Å². The van der Waals surface area contributed by atoms with Crippen LogP contribution in [0.15, 0.2) is 0 Å². The van der Waals surface area contributed by atoms with Crippen molar-refractivity contribution in [1.82, 2.24) is 0 Å². The van der Waals surface area contributed by atoms with Gasteiger partial charge in [-0.15, -0.1) is 0 Å². The van der Waals surface area contributed by atoms with Crippen LogP contribution in [0.2, 0.25) is 0 Å². The molecule has 1 heteroatoms. The van der Waals surface area contributed by atoms with Gasteiger partial charge in [-0.3, -0.25) is 0 Å². The first kappa shape index (κ1) is 11.1. The Morgan fingerprint density at radius 2 is 1.81 bits per heavy atom. The average Bonchev–Trinajstić information content (AvgIpc) is 2.77. The average molecular weight is 222 g/mol. The van der Waals surface area contributed by atoms with Crippen molar-refractivity contribution >= 4 is 0 Å². The fourth-order valence-corrected chi connectivity index (χ4v) is 5.29. The minimum atomic E-state index is -0.0333. The largest absolute Gasteiger partial charge is 0.392 e. The summed E-state index contributed by atoms with van der Waals surface area (Å²) in [5.41, 5.74) is 1.16. The highest BCUT2D eigenvalue weighted by Crippen LogP contribution is 2.79. The van der Waals surface area contributed by atoms with Gasteiger partial charge >= 0.3 is 0 Å². The third kappa shape index (κ3) is 1.16. The molecule has 3 aliphatic rings. The van der Waals surface area contributed by atoms with Gasteiger partial charge in [0.25, 0.3) is 0 Å². The molecule has 3 saturated carbocycles. The maximum absolute atomic E-state index is 10.6. The standard InChI is InChI=1S/C15H26O/c1-10-5-6-14(4)9-15(14)11(10)7-13(2,3)8-12(15)16/h10-12,16H,5-9H2,1-4H3/t10-,11+,12+,14+,15+/m1/s1. The van der Waals surface area contributed by atoms with Crippen molar-refractivity contribution in [3.63, 3.8) is 0 Å². The Balaban J connectivity index is 1.97. The SMILES string of the molecule is C[C@@H]1CC[C@@]2(C)C[C@]23[C@@H](O)CC(C)(C)C[C@@H]13. The van der Waals surface area contributed by atoms with Crippen LogP contribution in [-0.2, 0) is 0 Å². The number of hydrogen-bond donors (Lipinski definition) is 1. The van der Waals surface area contributed by atoms with Crippen molar-refractivity contribution in [2.24, 2.45) is 28.1 Å². The van der Waals surface area contributed by atoms with Crippen molar-refractivity contribution in [2.75, 3.05) is 0 Å². The molecular formula is C15H26O. The quantitative estimate of drug-likeness (QED) is 0.664. The van der Waals surface area contributed by atoms with Crippen molar-refractivity contribution in [2.45, 2.75) is 65.9 Å². The second-order valence-corrected chi connectivity index (χ2v) is 7.99. The Bertz CT molecular complexity index is 321. The van der Waals surface area contributed by atoms with E-state index in [9.17, 15) is 5.11 Å². The minimum Gasteiger partial charge on any atom is -0.392 e. The molecule has 0 amide bonds. The molecule has 0 bridgehead atoms. The number of rotatable bonds is 0. The van der Waals surface area contributed by atoms with Crippen LogP contribution >= 0.6 is 0 Å². The fraction of sp³-hybridized carbons (Fsp3) is 1.00. The van der Waals surface area contributed by atoms with Gasteiger partial charge in [-0.05, 0) is 54.8 Å².